The van der Waals surface area contributed by atoms with E-state index in [0.717, 1.165) is 24.2 Å². The summed E-state index contributed by atoms with van der Waals surface area (Å²) in [5.41, 5.74) is 1.67. The molecule has 0 fully saturated rings. The Morgan fingerprint density at radius 1 is 1.40 bits per heavy atom. The average molecular weight is 273 g/mol. The van der Waals surface area contributed by atoms with Crippen molar-refractivity contribution < 1.29 is 9.53 Å². The van der Waals surface area contributed by atoms with Crippen molar-refractivity contribution >= 4 is 11.7 Å². The van der Waals surface area contributed by atoms with Gasteiger partial charge in [-0.1, -0.05) is 25.1 Å². The van der Waals surface area contributed by atoms with Crippen LogP contribution in [0, 0.1) is 0 Å². The molecule has 1 unspecified atom stereocenters. The molecule has 0 bridgehead atoms. The van der Waals surface area contributed by atoms with Gasteiger partial charge in [-0.2, -0.15) is 5.10 Å². The molecule has 0 aliphatic carbocycles. The number of anilines is 1. The molecule has 1 N–H and O–H groups in total. The van der Waals surface area contributed by atoms with Crippen molar-refractivity contribution in [2.75, 3.05) is 12.4 Å². The lowest BCUT2D eigenvalue weighted by Gasteiger charge is -2.16. The molecular weight excluding hydrogens is 254 g/mol. The van der Waals surface area contributed by atoms with Crippen LogP contribution in [0.25, 0.3) is 0 Å². The number of carbonyl (C=O) groups excluding carboxylic acids is 1. The molecule has 0 aliphatic rings. The maximum atomic E-state index is 12.0. The number of hydrogen-bond acceptors (Lipinski definition) is 4. The van der Waals surface area contributed by atoms with E-state index in [9.17, 15) is 4.79 Å². The molecule has 2 aromatic rings. The summed E-state index contributed by atoms with van der Waals surface area (Å²) in [5.74, 6) is -0.329. The Morgan fingerprint density at radius 2 is 2.15 bits per heavy atom. The van der Waals surface area contributed by atoms with Crippen LogP contribution in [0.2, 0.25) is 0 Å². The average Bonchev–Trinajstić information content (AvgIpc) is 2.94. The largest absolute Gasteiger partial charge is 0.467 e. The van der Waals surface area contributed by atoms with Gasteiger partial charge in [-0.25, -0.2) is 4.79 Å². The number of methoxy groups -OCH3 is 1. The van der Waals surface area contributed by atoms with Gasteiger partial charge in [0.2, 0.25) is 0 Å². The van der Waals surface area contributed by atoms with Crippen molar-refractivity contribution in [2.45, 2.75) is 25.9 Å². The van der Waals surface area contributed by atoms with Gasteiger partial charge in [-0.05, 0) is 18.6 Å². The molecule has 2 rings (SSSR count). The first kappa shape index (κ1) is 14.1. The van der Waals surface area contributed by atoms with Gasteiger partial charge < -0.3 is 10.1 Å². The first-order chi connectivity index (χ1) is 9.74. The summed E-state index contributed by atoms with van der Waals surface area (Å²) in [7, 11) is 1.39. The number of rotatable bonds is 6. The van der Waals surface area contributed by atoms with E-state index in [1.165, 1.54) is 7.11 Å². The second-order valence-electron chi connectivity index (χ2n) is 4.50. The molecule has 1 atom stereocenters. The molecule has 0 amide bonds. The highest BCUT2D eigenvalue weighted by molar-refractivity contribution is 5.80. The highest BCUT2D eigenvalue weighted by atomic mass is 16.5. The zero-order valence-electron chi connectivity index (χ0n) is 11.7. The third-order valence-electron chi connectivity index (χ3n) is 2.96. The number of aromatic nitrogens is 2. The number of nitrogens with one attached hydrogen (secondary N) is 1. The third-order valence-corrected chi connectivity index (χ3v) is 2.96. The van der Waals surface area contributed by atoms with Crippen molar-refractivity contribution in [3.05, 3.63) is 48.3 Å². The number of aryl methyl sites for hydroxylation is 1. The minimum atomic E-state index is -0.548. The summed E-state index contributed by atoms with van der Waals surface area (Å²) in [5, 5.41) is 7.43. The lowest BCUT2D eigenvalue weighted by molar-refractivity contribution is -0.141. The van der Waals surface area contributed by atoms with E-state index in [1.807, 2.05) is 41.2 Å². The molecule has 1 aromatic heterocycles. The Balaban J connectivity index is 2.20. The number of ether oxygens (including phenoxy) is 1. The summed E-state index contributed by atoms with van der Waals surface area (Å²) in [6.45, 7) is 2.92. The summed E-state index contributed by atoms with van der Waals surface area (Å²) in [4.78, 5) is 12.0. The van der Waals surface area contributed by atoms with Crippen LogP contribution >= 0.6 is 0 Å². The van der Waals surface area contributed by atoms with Crippen molar-refractivity contribution in [1.82, 2.24) is 9.78 Å². The van der Waals surface area contributed by atoms with Crippen molar-refractivity contribution in [1.29, 1.82) is 0 Å². The van der Waals surface area contributed by atoms with E-state index in [4.69, 9.17) is 4.74 Å². The van der Waals surface area contributed by atoms with E-state index in [0.29, 0.717) is 0 Å². The Hall–Kier alpha value is -2.30. The SMILES string of the molecule is CCCn1cc(C(Nc2ccccc2)C(=O)OC)cn1. The number of nitrogens with zero attached hydrogens (tertiary/aromatic N) is 2. The number of carbonyl (C=O) groups is 1. The fraction of sp³-hybridized carbons (Fsp3) is 0.333. The lowest BCUT2D eigenvalue weighted by atomic mass is 10.1. The number of benzene rings is 1. The quantitative estimate of drug-likeness (QED) is 0.822. The molecule has 5 heteroatoms. The van der Waals surface area contributed by atoms with Crippen LogP contribution in [0.4, 0.5) is 5.69 Å². The smallest absolute Gasteiger partial charge is 0.333 e. The van der Waals surface area contributed by atoms with Gasteiger partial charge in [-0.3, -0.25) is 4.68 Å². The van der Waals surface area contributed by atoms with Gasteiger partial charge in [0.05, 0.1) is 13.3 Å². The predicted octanol–water partition coefficient (Wildman–Crippen LogP) is 2.62. The molecule has 0 aliphatic heterocycles. The number of esters is 1. The Kier molecular flexibility index (Phi) is 4.76. The molecule has 106 valence electrons. The molecule has 1 heterocycles. The van der Waals surface area contributed by atoms with Crippen LogP contribution in [0.3, 0.4) is 0 Å². The molecule has 5 nitrogen and oxygen atoms in total. The summed E-state index contributed by atoms with van der Waals surface area (Å²) >= 11 is 0. The van der Waals surface area contributed by atoms with Crippen LogP contribution < -0.4 is 5.32 Å². The second kappa shape index (κ2) is 6.75. The van der Waals surface area contributed by atoms with Crippen molar-refractivity contribution in [2.24, 2.45) is 0 Å². The lowest BCUT2D eigenvalue weighted by Crippen LogP contribution is -2.21. The minimum Gasteiger partial charge on any atom is -0.467 e. The Bertz CT molecular complexity index is 551. The molecule has 20 heavy (non-hydrogen) atoms. The fourth-order valence-electron chi connectivity index (χ4n) is 1.98. The maximum Gasteiger partial charge on any atom is 0.333 e. The van der Waals surface area contributed by atoms with E-state index >= 15 is 0 Å². The normalized spacial score (nSPS) is 11.9. The zero-order valence-corrected chi connectivity index (χ0v) is 11.7. The number of para-hydroxylation sites is 1. The molecule has 0 saturated heterocycles. The number of hydrogen-bond donors (Lipinski definition) is 1. The van der Waals surface area contributed by atoms with Crippen LogP contribution in [-0.2, 0) is 16.1 Å². The highest BCUT2D eigenvalue weighted by Crippen LogP contribution is 2.20. The van der Waals surface area contributed by atoms with Crippen LogP contribution in [-0.4, -0.2) is 22.9 Å². The van der Waals surface area contributed by atoms with Crippen molar-refractivity contribution in [3.63, 3.8) is 0 Å². The maximum absolute atomic E-state index is 12.0. The molecule has 0 saturated carbocycles. The van der Waals surface area contributed by atoms with Crippen LogP contribution in [0.15, 0.2) is 42.7 Å². The third kappa shape index (κ3) is 3.38. The Labute approximate surface area is 118 Å². The minimum absolute atomic E-state index is 0.329. The van der Waals surface area contributed by atoms with Gasteiger partial charge in [0.1, 0.15) is 0 Å². The van der Waals surface area contributed by atoms with Crippen LogP contribution in [0.5, 0.6) is 0 Å². The fourth-order valence-corrected chi connectivity index (χ4v) is 1.98. The van der Waals surface area contributed by atoms with E-state index < -0.39 is 6.04 Å². The van der Waals surface area contributed by atoms with Gasteiger partial charge in [0.25, 0.3) is 0 Å². The molecule has 1 aromatic carbocycles. The first-order valence-electron chi connectivity index (χ1n) is 6.66. The summed E-state index contributed by atoms with van der Waals surface area (Å²) in [6, 6.07) is 9.03. The summed E-state index contributed by atoms with van der Waals surface area (Å²) < 4.78 is 6.70. The van der Waals surface area contributed by atoms with E-state index in [-0.39, 0.29) is 5.97 Å². The van der Waals surface area contributed by atoms with Gasteiger partial charge >= 0.3 is 5.97 Å². The van der Waals surface area contributed by atoms with Gasteiger partial charge in [0.15, 0.2) is 6.04 Å². The standard InChI is InChI=1S/C15H19N3O2/c1-3-9-18-11-12(10-16-18)14(15(19)20-2)17-13-7-5-4-6-8-13/h4-8,10-11,14,17H,3,9H2,1-2H3. The van der Waals surface area contributed by atoms with E-state index in [2.05, 4.69) is 17.3 Å². The zero-order chi connectivity index (χ0) is 14.4. The van der Waals surface area contributed by atoms with Gasteiger partial charge in [-0.15, -0.1) is 0 Å². The molecule has 0 spiro atoms. The topological polar surface area (TPSA) is 56.2 Å². The van der Waals surface area contributed by atoms with Crippen LogP contribution in [0.1, 0.15) is 24.9 Å². The molecular formula is C15H19N3O2. The Morgan fingerprint density at radius 3 is 2.80 bits per heavy atom. The highest BCUT2D eigenvalue weighted by Gasteiger charge is 2.22. The van der Waals surface area contributed by atoms with E-state index in [1.54, 1.807) is 6.20 Å². The second-order valence-corrected chi connectivity index (χ2v) is 4.50. The predicted molar refractivity (Wildman–Crippen MR) is 77.3 cm³/mol. The van der Waals surface area contributed by atoms with Gasteiger partial charge in [0, 0.05) is 24.0 Å². The monoisotopic (exact) mass is 273 g/mol. The molecule has 0 radical (unpaired) electrons. The summed E-state index contributed by atoms with van der Waals surface area (Å²) in [6.07, 6.45) is 4.57. The first-order valence-corrected chi connectivity index (χ1v) is 6.66. The van der Waals surface area contributed by atoms with Crippen molar-refractivity contribution in [3.8, 4) is 0 Å².